The zero-order chi connectivity index (χ0) is 9.30. The lowest BCUT2D eigenvalue weighted by Gasteiger charge is -2.23. The SMILES string of the molecule is CC(=O)[C@@H]1CCC(Cl)N1C(C)=O. The molecule has 0 spiro atoms. The topological polar surface area (TPSA) is 37.4 Å². The Labute approximate surface area is 76.7 Å². The first kappa shape index (κ1) is 9.52. The molecule has 1 aliphatic rings. The fourth-order valence-electron chi connectivity index (χ4n) is 1.58. The number of nitrogens with zero attached hydrogens (tertiary/aromatic N) is 1. The summed E-state index contributed by atoms with van der Waals surface area (Å²) in [6.45, 7) is 2.94. The monoisotopic (exact) mass is 189 g/mol. The van der Waals surface area contributed by atoms with Gasteiger partial charge in [-0.3, -0.25) is 9.59 Å². The largest absolute Gasteiger partial charge is 0.316 e. The molecule has 68 valence electrons. The Hall–Kier alpha value is -0.570. The first-order valence-electron chi connectivity index (χ1n) is 3.97. The number of carbonyl (C=O) groups excluding carboxylic acids is 2. The Morgan fingerprint density at radius 1 is 1.33 bits per heavy atom. The zero-order valence-corrected chi connectivity index (χ0v) is 7.97. The van der Waals surface area contributed by atoms with Crippen LogP contribution in [0.3, 0.4) is 0 Å². The van der Waals surface area contributed by atoms with Crippen LogP contribution in [0.2, 0.25) is 0 Å². The molecule has 0 N–H and O–H groups in total. The van der Waals surface area contributed by atoms with E-state index in [9.17, 15) is 9.59 Å². The molecule has 1 rings (SSSR count). The fourth-order valence-corrected chi connectivity index (χ4v) is 1.98. The molecule has 12 heavy (non-hydrogen) atoms. The summed E-state index contributed by atoms with van der Waals surface area (Å²) in [6, 6.07) is -0.287. The molecule has 1 saturated heterocycles. The normalized spacial score (nSPS) is 29.1. The minimum atomic E-state index is -0.295. The molecule has 1 fully saturated rings. The average molecular weight is 190 g/mol. The van der Waals surface area contributed by atoms with Crippen molar-refractivity contribution < 1.29 is 9.59 Å². The van der Waals surface area contributed by atoms with Crippen LogP contribution in [0, 0.1) is 0 Å². The summed E-state index contributed by atoms with van der Waals surface area (Å²) in [5.74, 6) is -0.0962. The minimum absolute atomic E-state index is 0.0216. The number of ketones is 1. The second kappa shape index (κ2) is 3.44. The van der Waals surface area contributed by atoms with Gasteiger partial charge < -0.3 is 4.90 Å². The third kappa shape index (κ3) is 1.61. The molecular weight excluding hydrogens is 178 g/mol. The molecule has 1 heterocycles. The van der Waals surface area contributed by atoms with E-state index in [1.165, 1.54) is 18.7 Å². The Morgan fingerprint density at radius 3 is 2.25 bits per heavy atom. The number of hydrogen-bond donors (Lipinski definition) is 0. The van der Waals surface area contributed by atoms with Crippen molar-refractivity contribution in [1.82, 2.24) is 4.90 Å². The van der Waals surface area contributed by atoms with Crippen molar-refractivity contribution in [3.05, 3.63) is 0 Å². The second-order valence-electron chi connectivity index (χ2n) is 3.06. The van der Waals surface area contributed by atoms with Crippen molar-refractivity contribution in [3.8, 4) is 0 Å². The molecule has 0 bridgehead atoms. The van der Waals surface area contributed by atoms with Gasteiger partial charge >= 0.3 is 0 Å². The van der Waals surface area contributed by atoms with E-state index >= 15 is 0 Å². The van der Waals surface area contributed by atoms with Gasteiger partial charge in [-0.2, -0.15) is 0 Å². The van der Waals surface area contributed by atoms with Crippen LogP contribution in [0.15, 0.2) is 0 Å². The smallest absolute Gasteiger partial charge is 0.221 e. The van der Waals surface area contributed by atoms with Crippen LogP contribution in [0.4, 0.5) is 0 Å². The van der Waals surface area contributed by atoms with Gasteiger partial charge in [0.1, 0.15) is 5.50 Å². The van der Waals surface area contributed by atoms with Crippen LogP contribution < -0.4 is 0 Å². The van der Waals surface area contributed by atoms with Crippen molar-refractivity contribution in [1.29, 1.82) is 0 Å². The zero-order valence-electron chi connectivity index (χ0n) is 7.21. The van der Waals surface area contributed by atoms with Crippen LogP contribution in [0.25, 0.3) is 0 Å². The van der Waals surface area contributed by atoms with Crippen LogP contribution in [0.5, 0.6) is 0 Å². The van der Waals surface area contributed by atoms with E-state index < -0.39 is 0 Å². The van der Waals surface area contributed by atoms with Crippen molar-refractivity contribution in [2.75, 3.05) is 0 Å². The van der Waals surface area contributed by atoms with Gasteiger partial charge in [0, 0.05) is 6.92 Å². The van der Waals surface area contributed by atoms with E-state index in [1.807, 2.05) is 0 Å². The predicted molar refractivity (Wildman–Crippen MR) is 45.9 cm³/mol. The minimum Gasteiger partial charge on any atom is -0.316 e. The van der Waals surface area contributed by atoms with Crippen molar-refractivity contribution >= 4 is 23.3 Å². The van der Waals surface area contributed by atoms with E-state index in [0.717, 1.165) is 0 Å². The Kier molecular flexibility index (Phi) is 2.73. The van der Waals surface area contributed by atoms with E-state index in [2.05, 4.69) is 0 Å². The van der Waals surface area contributed by atoms with Gasteiger partial charge in [-0.25, -0.2) is 0 Å². The highest BCUT2D eigenvalue weighted by Gasteiger charge is 2.36. The number of hydrogen-bond acceptors (Lipinski definition) is 2. The third-order valence-electron chi connectivity index (χ3n) is 2.15. The quantitative estimate of drug-likeness (QED) is 0.459. The highest BCUT2D eigenvalue weighted by Crippen LogP contribution is 2.27. The Morgan fingerprint density at radius 2 is 1.92 bits per heavy atom. The summed E-state index contributed by atoms with van der Waals surface area (Å²) in [5.41, 5.74) is -0.295. The Balaban J connectivity index is 2.77. The van der Waals surface area contributed by atoms with Crippen LogP contribution in [-0.4, -0.2) is 28.1 Å². The number of carbonyl (C=O) groups is 2. The standard InChI is InChI=1S/C8H12ClNO2/c1-5(11)7-3-4-8(9)10(7)6(2)12/h7-8H,3-4H2,1-2H3/t7-,8?/m0/s1. The van der Waals surface area contributed by atoms with E-state index in [0.29, 0.717) is 12.8 Å². The van der Waals surface area contributed by atoms with Crippen LogP contribution in [0.1, 0.15) is 26.7 Å². The van der Waals surface area contributed by atoms with Gasteiger partial charge in [-0.15, -0.1) is 0 Å². The summed E-state index contributed by atoms with van der Waals surface area (Å²) in [5, 5.41) is 0. The first-order valence-corrected chi connectivity index (χ1v) is 4.41. The van der Waals surface area contributed by atoms with Gasteiger partial charge in [-0.05, 0) is 19.8 Å². The third-order valence-corrected chi connectivity index (χ3v) is 2.58. The lowest BCUT2D eigenvalue weighted by atomic mass is 10.1. The van der Waals surface area contributed by atoms with Gasteiger partial charge in [0.2, 0.25) is 5.91 Å². The molecule has 2 atom stereocenters. The number of likely N-dealkylation sites (tertiary alicyclic amines) is 1. The molecule has 4 heteroatoms. The van der Waals surface area contributed by atoms with Gasteiger partial charge in [0.05, 0.1) is 6.04 Å². The average Bonchev–Trinajstić information content (AvgIpc) is 2.30. The lowest BCUT2D eigenvalue weighted by molar-refractivity contribution is -0.135. The van der Waals surface area contributed by atoms with Crippen molar-refractivity contribution in [3.63, 3.8) is 0 Å². The van der Waals surface area contributed by atoms with Crippen LogP contribution in [-0.2, 0) is 9.59 Å². The van der Waals surface area contributed by atoms with E-state index in [4.69, 9.17) is 11.6 Å². The summed E-state index contributed by atoms with van der Waals surface area (Å²) >= 11 is 5.86. The summed E-state index contributed by atoms with van der Waals surface area (Å²) in [7, 11) is 0. The molecule has 1 aliphatic heterocycles. The lowest BCUT2D eigenvalue weighted by Crippen LogP contribution is -2.41. The molecule has 0 saturated carbocycles. The van der Waals surface area contributed by atoms with Gasteiger partial charge in [0.15, 0.2) is 5.78 Å². The molecule has 1 unspecified atom stereocenters. The maximum absolute atomic E-state index is 11.1. The summed E-state index contributed by atoms with van der Waals surface area (Å²) in [6.07, 6.45) is 1.41. The molecule has 0 aromatic heterocycles. The molecule has 3 nitrogen and oxygen atoms in total. The maximum atomic E-state index is 11.1. The molecule has 0 aromatic rings. The number of rotatable bonds is 1. The number of halogens is 1. The number of amides is 1. The molecule has 1 amide bonds. The molecule has 0 aliphatic carbocycles. The van der Waals surface area contributed by atoms with Gasteiger partial charge in [0.25, 0.3) is 0 Å². The highest BCUT2D eigenvalue weighted by atomic mass is 35.5. The molecule has 0 radical (unpaired) electrons. The van der Waals surface area contributed by atoms with Gasteiger partial charge in [-0.1, -0.05) is 11.6 Å². The van der Waals surface area contributed by atoms with Crippen LogP contribution >= 0.6 is 11.6 Å². The Bertz CT molecular complexity index is 217. The number of Topliss-reactive ketones (excluding diaryl/α,β-unsaturated/α-hetero) is 1. The summed E-state index contributed by atoms with van der Waals surface area (Å²) < 4.78 is 0. The summed E-state index contributed by atoms with van der Waals surface area (Å²) in [4.78, 5) is 23.6. The predicted octanol–water partition coefficient (Wildman–Crippen LogP) is 1.15. The van der Waals surface area contributed by atoms with E-state index in [1.54, 1.807) is 0 Å². The molecule has 0 aromatic carbocycles. The maximum Gasteiger partial charge on any atom is 0.221 e. The van der Waals surface area contributed by atoms with Crippen molar-refractivity contribution in [2.24, 2.45) is 0 Å². The number of alkyl halides is 1. The fraction of sp³-hybridized carbons (Fsp3) is 0.750. The second-order valence-corrected chi connectivity index (χ2v) is 3.57. The van der Waals surface area contributed by atoms with E-state index in [-0.39, 0.29) is 23.2 Å². The first-order chi connectivity index (χ1) is 5.54. The molecular formula is C8H12ClNO2. The van der Waals surface area contributed by atoms with Crippen molar-refractivity contribution in [2.45, 2.75) is 38.2 Å². The highest BCUT2D eigenvalue weighted by molar-refractivity contribution is 6.21.